The molecule has 2 saturated heterocycles. The number of ether oxygens (including phenoxy) is 5. The molecule has 0 spiro atoms. The van der Waals surface area contributed by atoms with E-state index in [-0.39, 0.29) is 33.4 Å². The van der Waals surface area contributed by atoms with Gasteiger partial charge in [-0.05, 0) is 19.1 Å². The predicted molar refractivity (Wildman–Crippen MR) is 129 cm³/mol. The van der Waals surface area contributed by atoms with E-state index in [1.165, 1.54) is 38.3 Å². The van der Waals surface area contributed by atoms with Gasteiger partial charge in [0.15, 0.2) is 23.7 Å². The molecule has 14 heteroatoms. The third kappa shape index (κ3) is 4.74. The van der Waals surface area contributed by atoms with Crippen LogP contribution in [0, 0.1) is 0 Å². The molecule has 2 aliphatic heterocycles. The van der Waals surface area contributed by atoms with E-state index in [4.69, 9.17) is 28.1 Å². The SMILES string of the molecule is COc1cc(O)c2c(=O)c3c(O[C@@H]4OC[C@@H](O)[C@H](O)[C@H]4O[C@@H]4O[C@@H](C)[C@H](O)[C@@H](O)[C@H]4O)ccc(O)c3oc2c1. The average Bonchev–Trinajstić information content (AvgIpc) is 2.91. The van der Waals surface area contributed by atoms with Crippen LogP contribution in [0.5, 0.6) is 23.0 Å². The Bertz CT molecular complexity index is 1420. The molecule has 7 N–H and O–H groups in total. The van der Waals surface area contributed by atoms with Crippen molar-refractivity contribution in [3.63, 3.8) is 0 Å². The first-order chi connectivity index (χ1) is 18.5. The number of aromatic hydroxyl groups is 2. The number of hydrogen-bond acceptors (Lipinski definition) is 14. The Labute approximate surface area is 219 Å². The van der Waals surface area contributed by atoms with E-state index < -0.39 is 78.8 Å². The van der Waals surface area contributed by atoms with Gasteiger partial charge in [0.2, 0.25) is 11.7 Å². The fraction of sp³-hybridized carbons (Fsp3) is 0.480. The van der Waals surface area contributed by atoms with Gasteiger partial charge in [-0.2, -0.15) is 0 Å². The standard InChI is InChI=1S/C25H28O14/c1-8-17(29)20(32)21(33)24(36-8)39-23-18(30)12(28)7-35-25(23)38-13-4-3-10(26)22-16(13)19(31)15-11(27)5-9(34-2)6-14(15)37-22/h3-6,8,12,17-18,20-21,23-30,32-33H,7H2,1-2H3/t8-,12+,17-,18-,20+,21+,23+,24-,25-/m0/s1. The summed E-state index contributed by atoms with van der Waals surface area (Å²) in [6.45, 7) is 1.04. The maximum absolute atomic E-state index is 13.5. The predicted octanol–water partition coefficient (Wildman–Crippen LogP) is -0.964. The number of aliphatic hydroxyl groups excluding tert-OH is 5. The number of benzene rings is 2. The van der Waals surface area contributed by atoms with Gasteiger partial charge in [-0.3, -0.25) is 4.79 Å². The van der Waals surface area contributed by atoms with Gasteiger partial charge in [0, 0.05) is 12.1 Å². The van der Waals surface area contributed by atoms with E-state index in [1.807, 2.05) is 0 Å². The monoisotopic (exact) mass is 552 g/mol. The van der Waals surface area contributed by atoms with E-state index in [2.05, 4.69) is 0 Å². The van der Waals surface area contributed by atoms with E-state index in [9.17, 15) is 40.5 Å². The van der Waals surface area contributed by atoms with Crippen LogP contribution in [-0.4, -0.2) is 105 Å². The van der Waals surface area contributed by atoms with E-state index in [0.717, 1.165) is 0 Å². The van der Waals surface area contributed by atoms with Crippen molar-refractivity contribution in [3.05, 3.63) is 34.5 Å². The largest absolute Gasteiger partial charge is 0.507 e. The summed E-state index contributed by atoms with van der Waals surface area (Å²) in [5.41, 5.74) is -1.10. The quantitative estimate of drug-likeness (QED) is 0.190. The lowest BCUT2D eigenvalue weighted by Crippen LogP contribution is -2.62. The highest BCUT2D eigenvalue weighted by Gasteiger charge is 2.48. The molecular weight excluding hydrogens is 524 g/mol. The molecule has 0 bridgehead atoms. The van der Waals surface area contributed by atoms with Crippen LogP contribution in [-0.2, 0) is 14.2 Å². The highest BCUT2D eigenvalue weighted by atomic mass is 16.7. The second-order valence-electron chi connectivity index (χ2n) is 9.40. The van der Waals surface area contributed by atoms with Gasteiger partial charge in [0.05, 0.1) is 19.8 Å². The van der Waals surface area contributed by atoms with Gasteiger partial charge < -0.3 is 63.8 Å². The molecule has 39 heavy (non-hydrogen) atoms. The normalized spacial score (nSPS) is 33.4. The Morgan fingerprint density at radius 1 is 0.897 bits per heavy atom. The highest BCUT2D eigenvalue weighted by molar-refractivity contribution is 5.98. The summed E-state index contributed by atoms with van der Waals surface area (Å²) in [5, 5.41) is 71.7. The van der Waals surface area contributed by atoms with Gasteiger partial charge in [-0.25, -0.2) is 0 Å². The van der Waals surface area contributed by atoms with Gasteiger partial charge in [0.1, 0.15) is 64.1 Å². The summed E-state index contributed by atoms with van der Waals surface area (Å²) in [6, 6.07) is 4.98. The molecule has 14 nitrogen and oxygen atoms in total. The second kappa shape index (κ2) is 10.4. The summed E-state index contributed by atoms with van der Waals surface area (Å²) in [6.07, 6.45) is -13.4. The zero-order valence-electron chi connectivity index (χ0n) is 20.7. The molecule has 0 aliphatic carbocycles. The maximum Gasteiger partial charge on any atom is 0.229 e. The van der Waals surface area contributed by atoms with E-state index in [1.54, 1.807) is 0 Å². The molecule has 9 atom stereocenters. The van der Waals surface area contributed by atoms with Crippen LogP contribution >= 0.6 is 0 Å². The molecule has 2 aliphatic rings. The molecule has 3 aromatic rings. The van der Waals surface area contributed by atoms with E-state index >= 15 is 0 Å². The fourth-order valence-electron chi connectivity index (χ4n) is 4.63. The Kier molecular flexibility index (Phi) is 7.30. The minimum atomic E-state index is -1.73. The van der Waals surface area contributed by atoms with Crippen LogP contribution in [0.2, 0.25) is 0 Å². The average molecular weight is 552 g/mol. The number of aliphatic hydroxyl groups is 5. The number of methoxy groups -OCH3 is 1. The summed E-state index contributed by atoms with van der Waals surface area (Å²) in [7, 11) is 1.36. The van der Waals surface area contributed by atoms with Crippen molar-refractivity contribution >= 4 is 21.9 Å². The van der Waals surface area contributed by atoms with Crippen LogP contribution in [0.25, 0.3) is 21.9 Å². The molecule has 0 unspecified atom stereocenters. The number of phenols is 2. The van der Waals surface area contributed by atoms with Crippen LogP contribution in [0.1, 0.15) is 6.92 Å². The van der Waals surface area contributed by atoms with Crippen molar-refractivity contribution in [2.24, 2.45) is 0 Å². The molecule has 3 heterocycles. The third-order valence-electron chi connectivity index (χ3n) is 6.83. The van der Waals surface area contributed by atoms with Crippen LogP contribution in [0.4, 0.5) is 0 Å². The third-order valence-corrected chi connectivity index (χ3v) is 6.83. The summed E-state index contributed by atoms with van der Waals surface area (Å²) >= 11 is 0. The Morgan fingerprint density at radius 2 is 1.64 bits per heavy atom. The Morgan fingerprint density at radius 3 is 2.36 bits per heavy atom. The molecule has 5 rings (SSSR count). The summed E-state index contributed by atoms with van der Waals surface area (Å²) in [4.78, 5) is 13.5. The Balaban J connectivity index is 1.54. The first-order valence-corrected chi connectivity index (χ1v) is 12.0. The molecular formula is C25H28O14. The van der Waals surface area contributed by atoms with Crippen molar-refractivity contribution in [3.8, 4) is 23.0 Å². The number of fused-ring (bicyclic) bond motifs is 2. The second-order valence-corrected chi connectivity index (χ2v) is 9.40. The zero-order valence-corrected chi connectivity index (χ0v) is 20.7. The van der Waals surface area contributed by atoms with Crippen molar-refractivity contribution in [2.45, 2.75) is 62.2 Å². The molecule has 2 aromatic carbocycles. The molecule has 0 saturated carbocycles. The van der Waals surface area contributed by atoms with Crippen LogP contribution < -0.4 is 14.9 Å². The van der Waals surface area contributed by atoms with Gasteiger partial charge >= 0.3 is 0 Å². The minimum absolute atomic E-state index is 0.0660. The van der Waals surface area contributed by atoms with Crippen molar-refractivity contribution in [2.75, 3.05) is 13.7 Å². The molecule has 212 valence electrons. The number of phenolic OH excluding ortho intramolecular Hbond substituents is 2. The summed E-state index contributed by atoms with van der Waals surface area (Å²) < 4.78 is 33.3. The van der Waals surface area contributed by atoms with E-state index in [0.29, 0.717) is 0 Å². The van der Waals surface area contributed by atoms with Gasteiger partial charge in [-0.1, -0.05) is 0 Å². The maximum atomic E-state index is 13.5. The smallest absolute Gasteiger partial charge is 0.229 e. The van der Waals surface area contributed by atoms with Crippen molar-refractivity contribution < 1.29 is 63.8 Å². The lowest BCUT2D eigenvalue weighted by Gasteiger charge is -2.43. The first-order valence-electron chi connectivity index (χ1n) is 12.0. The topological polar surface area (TPSA) is 218 Å². The van der Waals surface area contributed by atoms with Crippen LogP contribution in [0.15, 0.2) is 33.5 Å². The van der Waals surface area contributed by atoms with Gasteiger partial charge in [-0.15, -0.1) is 0 Å². The first kappa shape index (κ1) is 27.4. The molecule has 0 radical (unpaired) electrons. The molecule has 2 fully saturated rings. The molecule has 0 amide bonds. The lowest BCUT2D eigenvalue weighted by molar-refractivity contribution is -0.344. The highest BCUT2D eigenvalue weighted by Crippen LogP contribution is 2.38. The summed E-state index contributed by atoms with van der Waals surface area (Å²) in [5.74, 6) is -0.839. The Hall–Kier alpha value is -3.21. The lowest BCUT2D eigenvalue weighted by atomic mass is 9.99. The minimum Gasteiger partial charge on any atom is -0.507 e. The van der Waals surface area contributed by atoms with Crippen LogP contribution in [0.3, 0.4) is 0 Å². The zero-order chi connectivity index (χ0) is 28.2. The number of rotatable bonds is 5. The van der Waals surface area contributed by atoms with Crippen molar-refractivity contribution in [1.29, 1.82) is 0 Å². The van der Waals surface area contributed by atoms with Gasteiger partial charge in [0.25, 0.3) is 0 Å². The number of hydrogen-bond donors (Lipinski definition) is 7. The van der Waals surface area contributed by atoms with Crippen molar-refractivity contribution in [1.82, 2.24) is 0 Å². The fourth-order valence-corrected chi connectivity index (χ4v) is 4.63. The molecule has 1 aromatic heterocycles.